The van der Waals surface area contributed by atoms with E-state index >= 15 is 0 Å². The Kier molecular flexibility index (Phi) is 3.51. The van der Waals surface area contributed by atoms with Gasteiger partial charge in [-0.15, -0.1) is 0 Å². The fourth-order valence-electron chi connectivity index (χ4n) is 3.32. The number of benzene rings is 1. The van der Waals surface area contributed by atoms with Crippen LogP contribution in [0.3, 0.4) is 0 Å². The van der Waals surface area contributed by atoms with Crippen LogP contribution in [-0.2, 0) is 0 Å². The molecule has 3 rings (SSSR count). The fraction of sp³-hybridized carbons (Fsp3) is 0.600. The molecule has 0 aliphatic carbocycles. The first-order chi connectivity index (χ1) is 9.28. The van der Waals surface area contributed by atoms with Crippen LogP contribution in [0, 0.1) is 0 Å². The lowest BCUT2D eigenvalue weighted by molar-refractivity contribution is 0.133. The number of anilines is 2. The zero-order chi connectivity index (χ0) is 13.2. The lowest BCUT2D eigenvalue weighted by atomic mass is 9.99. The second-order valence-electron chi connectivity index (χ2n) is 5.56. The van der Waals surface area contributed by atoms with Crippen molar-refractivity contribution in [3.8, 4) is 5.75 Å². The van der Waals surface area contributed by atoms with Crippen molar-refractivity contribution in [2.24, 2.45) is 0 Å². The molecule has 0 saturated carbocycles. The van der Waals surface area contributed by atoms with Crippen LogP contribution < -0.4 is 15.4 Å². The molecule has 1 aromatic rings. The molecule has 0 radical (unpaired) electrons. The van der Waals surface area contributed by atoms with Crippen molar-refractivity contribution in [3.05, 3.63) is 18.2 Å². The molecule has 1 aromatic carbocycles. The molecule has 0 spiro atoms. The number of ether oxygens (including phenoxy) is 1. The highest BCUT2D eigenvalue weighted by Crippen LogP contribution is 2.31. The van der Waals surface area contributed by atoms with Gasteiger partial charge < -0.3 is 15.4 Å². The van der Waals surface area contributed by atoms with Crippen molar-refractivity contribution in [2.45, 2.75) is 25.3 Å². The summed E-state index contributed by atoms with van der Waals surface area (Å²) in [6.07, 6.45) is 4.06. The maximum absolute atomic E-state index is 6.16. The normalized spacial score (nSPS) is 24.1. The summed E-state index contributed by atoms with van der Waals surface area (Å²) >= 11 is 0. The van der Waals surface area contributed by atoms with Gasteiger partial charge in [0, 0.05) is 31.7 Å². The average Bonchev–Trinajstić information content (AvgIpc) is 2.46. The molecule has 0 amide bonds. The Morgan fingerprint density at radius 3 is 2.89 bits per heavy atom. The number of fused-ring (bicyclic) bond motifs is 1. The zero-order valence-corrected chi connectivity index (χ0v) is 11.6. The minimum Gasteiger partial charge on any atom is -0.497 e. The van der Waals surface area contributed by atoms with E-state index in [0.717, 1.165) is 36.8 Å². The summed E-state index contributed by atoms with van der Waals surface area (Å²) in [6, 6.07) is 6.72. The molecule has 2 N–H and O–H groups in total. The third-order valence-electron chi connectivity index (χ3n) is 4.41. The van der Waals surface area contributed by atoms with Gasteiger partial charge in [-0.3, -0.25) is 4.90 Å². The Morgan fingerprint density at radius 2 is 2.11 bits per heavy atom. The fourth-order valence-corrected chi connectivity index (χ4v) is 3.32. The molecule has 1 unspecified atom stereocenters. The highest BCUT2D eigenvalue weighted by atomic mass is 16.5. The smallest absolute Gasteiger partial charge is 0.121 e. The minimum absolute atomic E-state index is 0.712. The summed E-state index contributed by atoms with van der Waals surface area (Å²) < 4.78 is 5.22. The van der Waals surface area contributed by atoms with Crippen LogP contribution in [0.25, 0.3) is 0 Å². The minimum atomic E-state index is 0.712. The Hall–Kier alpha value is -1.42. The maximum Gasteiger partial charge on any atom is 0.121 e. The maximum atomic E-state index is 6.16. The molecule has 2 saturated heterocycles. The molecule has 0 aromatic heterocycles. The number of nitrogens with two attached hydrogens (primary N) is 1. The quantitative estimate of drug-likeness (QED) is 0.826. The van der Waals surface area contributed by atoms with E-state index in [1.807, 2.05) is 12.1 Å². The van der Waals surface area contributed by atoms with Crippen molar-refractivity contribution >= 4 is 11.4 Å². The first kappa shape index (κ1) is 12.6. The summed E-state index contributed by atoms with van der Waals surface area (Å²) in [4.78, 5) is 5.07. The summed E-state index contributed by atoms with van der Waals surface area (Å²) in [5, 5.41) is 0. The summed E-state index contributed by atoms with van der Waals surface area (Å²) in [6.45, 7) is 4.62. The monoisotopic (exact) mass is 261 g/mol. The van der Waals surface area contributed by atoms with E-state index < -0.39 is 0 Å². The number of rotatable bonds is 2. The SMILES string of the molecule is COc1ccc(N2CCN3CCCCC3C2)c(N)c1. The molecule has 2 aliphatic rings. The van der Waals surface area contributed by atoms with Crippen LogP contribution in [0.5, 0.6) is 5.75 Å². The third-order valence-corrected chi connectivity index (χ3v) is 4.41. The third kappa shape index (κ3) is 2.50. The van der Waals surface area contributed by atoms with Crippen LogP contribution in [0.2, 0.25) is 0 Å². The van der Waals surface area contributed by atoms with E-state index in [-0.39, 0.29) is 0 Å². The molecule has 19 heavy (non-hydrogen) atoms. The number of hydrogen-bond donors (Lipinski definition) is 1. The number of methoxy groups -OCH3 is 1. The molecule has 2 fully saturated rings. The molecular formula is C15H23N3O. The zero-order valence-electron chi connectivity index (χ0n) is 11.6. The highest BCUT2D eigenvalue weighted by molar-refractivity contribution is 5.69. The van der Waals surface area contributed by atoms with Gasteiger partial charge in [-0.05, 0) is 31.5 Å². The second-order valence-corrected chi connectivity index (χ2v) is 5.56. The predicted octanol–water partition coefficient (Wildman–Crippen LogP) is 1.95. The molecule has 0 bridgehead atoms. The van der Waals surface area contributed by atoms with Crippen molar-refractivity contribution < 1.29 is 4.74 Å². The molecule has 104 valence electrons. The number of piperazine rings is 1. The Bertz CT molecular complexity index is 449. The second kappa shape index (κ2) is 5.29. The van der Waals surface area contributed by atoms with Crippen LogP contribution >= 0.6 is 0 Å². The summed E-state index contributed by atoms with van der Waals surface area (Å²) in [5.74, 6) is 0.831. The van der Waals surface area contributed by atoms with Crippen LogP contribution in [0.1, 0.15) is 19.3 Å². The van der Waals surface area contributed by atoms with Gasteiger partial charge in [-0.1, -0.05) is 6.42 Å². The van der Waals surface area contributed by atoms with E-state index in [1.54, 1.807) is 7.11 Å². The Morgan fingerprint density at radius 1 is 1.21 bits per heavy atom. The Balaban J connectivity index is 1.75. The van der Waals surface area contributed by atoms with E-state index in [1.165, 1.54) is 25.8 Å². The van der Waals surface area contributed by atoms with E-state index in [0.29, 0.717) is 6.04 Å². The number of hydrogen-bond acceptors (Lipinski definition) is 4. The number of nitrogen functional groups attached to an aromatic ring is 1. The van der Waals surface area contributed by atoms with Gasteiger partial charge in [0.25, 0.3) is 0 Å². The first-order valence-corrected chi connectivity index (χ1v) is 7.20. The standard InChI is InChI=1S/C15H23N3O/c1-19-13-5-6-15(14(16)10-13)18-9-8-17-7-3-2-4-12(17)11-18/h5-6,10,12H,2-4,7-9,11,16H2,1H3. The number of piperidine rings is 1. The largest absolute Gasteiger partial charge is 0.497 e. The summed E-state index contributed by atoms with van der Waals surface area (Å²) in [5.41, 5.74) is 8.14. The molecule has 1 atom stereocenters. The van der Waals surface area contributed by atoms with Gasteiger partial charge in [0.15, 0.2) is 0 Å². The van der Waals surface area contributed by atoms with Gasteiger partial charge in [-0.25, -0.2) is 0 Å². The molecule has 2 heterocycles. The van der Waals surface area contributed by atoms with Gasteiger partial charge >= 0.3 is 0 Å². The van der Waals surface area contributed by atoms with Gasteiger partial charge in [0.1, 0.15) is 5.75 Å². The molecule has 4 heteroatoms. The van der Waals surface area contributed by atoms with Crippen molar-refractivity contribution in [1.82, 2.24) is 4.90 Å². The lowest BCUT2D eigenvalue weighted by Crippen LogP contribution is -2.55. The van der Waals surface area contributed by atoms with Crippen LogP contribution in [-0.4, -0.2) is 44.2 Å². The molecule has 4 nitrogen and oxygen atoms in total. The van der Waals surface area contributed by atoms with Crippen LogP contribution in [0.15, 0.2) is 18.2 Å². The molecule has 2 aliphatic heterocycles. The number of nitrogens with zero attached hydrogens (tertiary/aromatic N) is 2. The van der Waals surface area contributed by atoms with Crippen molar-refractivity contribution in [2.75, 3.05) is 43.9 Å². The van der Waals surface area contributed by atoms with Gasteiger partial charge in [-0.2, -0.15) is 0 Å². The average molecular weight is 261 g/mol. The predicted molar refractivity (Wildman–Crippen MR) is 78.8 cm³/mol. The van der Waals surface area contributed by atoms with E-state index in [9.17, 15) is 0 Å². The van der Waals surface area contributed by atoms with E-state index in [2.05, 4.69) is 15.9 Å². The van der Waals surface area contributed by atoms with Crippen molar-refractivity contribution in [1.29, 1.82) is 0 Å². The van der Waals surface area contributed by atoms with Gasteiger partial charge in [0.05, 0.1) is 18.5 Å². The van der Waals surface area contributed by atoms with Crippen LogP contribution in [0.4, 0.5) is 11.4 Å². The van der Waals surface area contributed by atoms with Crippen molar-refractivity contribution in [3.63, 3.8) is 0 Å². The Labute approximate surface area is 115 Å². The summed E-state index contributed by atoms with van der Waals surface area (Å²) in [7, 11) is 1.68. The van der Waals surface area contributed by atoms with E-state index in [4.69, 9.17) is 10.5 Å². The first-order valence-electron chi connectivity index (χ1n) is 7.20. The highest BCUT2D eigenvalue weighted by Gasteiger charge is 2.29. The molecular weight excluding hydrogens is 238 g/mol. The van der Waals surface area contributed by atoms with Gasteiger partial charge in [0.2, 0.25) is 0 Å². The lowest BCUT2D eigenvalue weighted by Gasteiger charge is -2.45. The topological polar surface area (TPSA) is 41.7 Å².